The summed E-state index contributed by atoms with van der Waals surface area (Å²) < 4.78 is 0.970. The molecule has 1 saturated heterocycles. The number of nitrogens with zero attached hydrogens (tertiary/aromatic N) is 1. The third-order valence-electron chi connectivity index (χ3n) is 4.61. The summed E-state index contributed by atoms with van der Waals surface area (Å²) in [6.07, 6.45) is 0.142. The number of anilines is 2. The van der Waals surface area contributed by atoms with E-state index >= 15 is 0 Å². The predicted molar refractivity (Wildman–Crippen MR) is 108 cm³/mol. The van der Waals surface area contributed by atoms with E-state index in [2.05, 4.69) is 26.6 Å². The van der Waals surface area contributed by atoms with Crippen LogP contribution >= 0.6 is 15.9 Å². The Kier molecular flexibility index (Phi) is 5.60. The van der Waals surface area contributed by atoms with Crippen molar-refractivity contribution in [2.24, 2.45) is 5.92 Å². The van der Waals surface area contributed by atoms with Crippen LogP contribution in [0.3, 0.4) is 0 Å². The van der Waals surface area contributed by atoms with E-state index in [0.29, 0.717) is 17.8 Å². The predicted octanol–water partition coefficient (Wildman–Crippen LogP) is 3.11. The molecule has 1 atom stereocenters. The van der Waals surface area contributed by atoms with Gasteiger partial charge in [-0.1, -0.05) is 28.1 Å². The van der Waals surface area contributed by atoms with E-state index in [9.17, 15) is 14.4 Å². The number of para-hydroxylation sites is 1. The molecule has 0 radical (unpaired) electrons. The van der Waals surface area contributed by atoms with Gasteiger partial charge in [0.2, 0.25) is 11.8 Å². The Bertz CT molecular complexity index is 913. The zero-order valence-electron chi connectivity index (χ0n) is 15.1. The lowest BCUT2D eigenvalue weighted by atomic mass is 10.1. The minimum atomic E-state index is -0.473. The topological polar surface area (TPSA) is 78.5 Å². The number of benzene rings is 2. The molecule has 1 unspecified atom stereocenters. The molecule has 7 heteroatoms. The highest BCUT2D eigenvalue weighted by molar-refractivity contribution is 9.10. The van der Waals surface area contributed by atoms with E-state index in [1.165, 1.54) is 7.05 Å². The van der Waals surface area contributed by atoms with E-state index < -0.39 is 5.92 Å². The van der Waals surface area contributed by atoms with Crippen molar-refractivity contribution in [3.63, 3.8) is 0 Å². The van der Waals surface area contributed by atoms with Crippen molar-refractivity contribution < 1.29 is 14.4 Å². The average Bonchev–Trinajstić information content (AvgIpc) is 3.05. The first-order valence-corrected chi connectivity index (χ1v) is 9.38. The largest absolute Gasteiger partial charge is 0.355 e. The van der Waals surface area contributed by atoms with Gasteiger partial charge in [0.05, 0.1) is 17.2 Å². The van der Waals surface area contributed by atoms with Crippen LogP contribution in [0.5, 0.6) is 0 Å². The van der Waals surface area contributed by atoms with Crippen LogP contribution in [-0.2, 0) is 9.59 Å². The second kappa shape index (κ2) is 7.92. The van der Waals surface area contributed by atoms with Gasteiger partial charge in [0.15, 0.2) is 0 Å². The second-order valence-corrected chi connectivity index (χ2v) is 7.31. The maximum absolute atomic E-state index is 12.7. The number of carbonyl (C=O) groups is 3. The lowest BCUT2D eigenvalue weighted by molar-refractivity contribution is -0.122. The highest BCUT2D eigenvalue weighted by Gasteiger charge is 2.35. The highest BCUT2D eigenvalue weighted by atomic mass is 79.9. The van der Waals surface area contributed by atoms with E-state index in [-0.39, 0.29) is 24.1 Å². The molecule has 6 nitrogen and oxygen atoms in total. The first-order chi connectivity index (χ1) is 12.9. The number of rotatable bonds is 4. The van der Waals surface area contributed by atoms with Crippen LogP contribution in [0.4, 0.5) is 11.4 Å². The number of aryl methyl sites for hydroxylation is 1. The van der Waals surface area contributed by atoms with Crippen molar-refractivity contribution in [2.75, 3.05) is 23.8 Å². The van der Waals surface area contributed by atoms with Crippen LogP contribution < -0.4 is 15.5 Å². The number of hydrogen-bond donors (Lipinski definition) is 2. The van der Waals surface area contributed by atoms with Gasteiger partial charge in [-0.15, -0.1) is 0 Å². The molecule has 1 heterocycles. The molecule has 2 aromatic rings. The summed E-state index contributed by atoms with van der Waals surface area (Å²) in [5.41, 5.74) is 2.62. The molecule has 140 valence electrons. The Morgan fingerprint density at radius 1 is 1.19 bits per heavy atom. The Labute approximate surface area is 166 Å². The number of amides is 3. The van der Waals surface area contributed by atoms with Crippen LogP contribution in [0.1, 0.15) is 22.3 Å². The van der Waals surface area contributed by atoms with Crippen molar-refractivity contribution in [3.05, 3.63) is 58.1 Å². The van der Waals surface area contributed by atoms with Crippen molar-refractivity contribution in [2.45, 2.75) is 13.3 Å². The molecule has 0 aromatic heterocycles. The fourth-order valence-electron chi connectivity index (χ4n) is 3.09. The van der Waals surface area contributed by atoms with Crippen LogP contribution in [-0.4, -0.2) is 31.3 Å². The number of halogens is 1. The molecular formula is C20H20BrN3O3. The lowest BCUT2D eigenvalue weighted by Gasteiger charge is -2.18. The summed E-state index contributed by atoms with van der Waals surface area (Å²) in [6, 6.07) is 12.5. The maximum atomic E-state index is 12.7. The Morgan fingerprint density at radius 2 is 1.93 bits per heavy atom. The molecule has 0 bridgehead atoms. The molecule has 0 spiro atoms. The molecule has 1 aliphatic rings. The first kappa shape index (κ1) is 19.1. The molecule has 1 aliphatic heterocycles. The molecule has 1 fully saturated rings. The smallest absolute Gasteiger partial charge is 0.253 e. The van der Waals surface area contributed by atoms with Gasteiger partial charge in [-0.3, -0.25) is 14.4 Å². The second-order valence-electron chi connectivity index (χ2n) is 6.45. The summed E-state index contributed by atoms with van der Waals surface area (Å²) in [5.74, 6) is -1.10. The van der Waals surface area contributed by atoms with Crippen LogP contribution in [0.15, 0.2) is 46.9 Å². The van der Waals surface area contributed by atoms with Crippen LogP contribution in [0, 0.1) is 12.8 Å². The van der Waals surface area contributed by atoms with Gasteiger partial charge in [0, 0.05) is 30.2 Å². The zero-order chi connectivity index (χ0) is 19.6. The first-order valence-electron chi connectivity index (χ1n) is 8.59. The summed E-state index contributed by atoms with van der Waals surface area (Å²) >= 11 is 3.45. The van der Waals surface area contributed by atoms with Gasteiger partial charge in [-0.25, -0.2) is 0 Å². The fraction of sp³-hybridized carbons (Fsp3) is 0.250. The van der Waals surface area contributed by atoms with Crippen LogP contribution in [0.2, 0.25) is 0 Å². The standard InChI is InChI=1S/C20H20BrN3O3/c1-12-9-14(7-8-16(12)21)24-11-13(10-18(24)25)19(26)23-17-6-4-3-5-15(17)20(27)22-2/h3-9,13H,10-11H2,1-2H3,(H,22,27)(H,23,26). The van der Waals surface area contributed by atoms with Gasteiger partial charge in [-0.05, 0) is 42.8 Å². The molecule has 0 saturated carbocycles. The average molecular weight is 430 g/mol. The van der Waals surface area contributed by atoms with E-state index in [4.69, 9.17) is 0 Å². The lowest BCUT2D eigenvalue weighted by Crippen LogP contribution is -2.29. The van der Waals surface area contributed by atoms with Crippen molar-refractivity contribution in [3.8, 4) is 0 Å². The van der Waals surface area contributed by atoms with Crippen molar-refractivity contribution >= 4 is 45.0 Å². The Morgan fingerprint density at radius 3 is 2.63 bits per heavy atom. The fourth-order valence-corrected chi connectivity index (χ4v) is 3.34. The maximum Gasteiger partial charge on any atom is 0.253 e. The number of carbonyl (C=O) groups excluding carboxylic acids is 3. The third-order valence-corrected chi connectivity index (χ3v) is 5.50. The van der Waals surface area contributed by atoms with Gasteiger partial charge < -0.3 is 15.5 Å². The monoisotopic (exact) mass is 429 g/mol. The minimum absolute atomic E-state index is 0.0866. The molecule has 3 rings (SSSR count). The van der Waals surface area contributed by atoms with Crippen LogP contribution in [0.25, 0.3) is 0 Å². The van der Waals surface area contributed by atoms with Gasteiger partial charge in [-0.2, -0.15) is 0 Å². The quantitative estimate of drug-likeness (QED) is 0.783. The minimum Gasteiger partial charge on any atom is -0.355 e. The van der Waals surface area contributed by atoms with E-state index in [1.54, 1.807) is 29.2 Å². The SMILES string of the molecule is CNC(=O)c1ccccc1NC(=O)C1CC(=O)N(c2ccc(Br)c(C)c2)C1. The number of hydrogen-bond acceptors (Lipinski definition) is 3. The summed E-state index contributed by atoms with van der Waals surface area (Å²) in [7, 11) is 1.54. The Balaban J connectivity index is 1.75. The number of nitrogens with one attached hydrogen (secondary N) is 2. The van der Waals surface area contributed by atoms with Gasteiger partial charge in [0.25, 0.3) is 5.91 Å². The van der Waals surface area contributed by atoms with Crippen molar-refractivity contribution in [1.29, 1.82) is 0 Å². The molecule has 27 heavy (non-hydrogen) atoms. The normalized spacial score (nSPS) is 16.3. The van der Waals surface area contributed by atoms with Crippen molar-refractivity contribution in [1.82, 2.24) is 5.32 Å². The van der Waals surface area contributed by atoms with Gasteiger partial charge in [0.1, 0.15) is 0 Å². The summed E-state index contributed by atoms with van der Waals surface area (Å²) in [6.45, 7) is 2.27. The zero-order valence-corrected chi connectivity index (χ0v) is 16.7. The van der Waals surface area contributed by atoms with E-state index in [0.717, 1.165) is 15.7 Å². The molecule has 3 amide bonds. The molecule has 2 aromatic carbocycles. The molecule has 2 N–H and O–H groups in total. The Hall–Kier alpha value is -2.67. The van der Waals surface area contributed by atoms with E-state index in [1.807, 2.05) is 25.1 Å². The molecular weight excluding hydrogens is 410 g/mol. The highest BCUT2D eigenvalue weighted by Crippen LogP contribution is 2.29. The summed E-state index contributed by atoms with van der Waals surface area (Å²) in [4.78, 5) is 38.7. The molecule has 0 aliphatic carbocycles. The summed E-state index contributed by atoms with van der Waals surface area (Å²) in [5, 5.41) is 5.35. The third kappa shape index (κ3) is 4.03. The van der Waals surface area contributed by atoms with Gasteiger partial charge >= 0.3 is 0 Å².